The number of nitrogen functional groups attached to an aromatic ring is 1. The van der Waals surface area contributed by atoms with E-state index in [1.165, 1.54) is 0 Å². The molecule has 0 aliphatic heterocycles. The lowest BCUT2D eigenvalue weighted by molar-refractivity contribution is 1.30. The number of anilines is 1. The van der Waals surface area contributed by atoms with Crippen LogP contribution in [0.15, 0.2) is 60.8 Å². The Labute approximate surface area is 121 Å². The van der Waals surface area contributed by atoms with Gasteiger partial charge in [-0.25, -0.2) is 9.97 Å². The molecule has 2 aromatic heterocycles. The van der Waals surface area contributed by atoms with Crippen molar-refractivity contribution < 1.29 is 0 Å². The standard InChI is InChI=1S/C17H12N4/c18-17-16(20-14-7-1-2-8-15(14)21-17)12-5-3-9-13-11(12)6-4-10-19-13/h1-10H,(H2,18,21). The molecule has 100 valence electrons. The van der Waals surface area contributed by atoms with E-state index >= 15 is 0 Å². The van der Waals surface area contributed by atoms with Gasteiger partial charge in [-0.1, -0.05) is 30.3 Å². The fourth-order valence-corrected chi connectivity index (χ4v) is 2.52. The zero-order chi connectivity index (χ0) is 14.2. The highest BCUT2D eigenvalue weighted by Crippen LogP contribution is 2.30. The van der Waals surface area contributed by atoms with Gasteiger partial charge in [-0.15, -0.1) is 0 Å². The molecule has 4 aromatic rings. The number of nitrogens with two attached hydrogens (primary N) is 1. The van der Waals surface area contributed by atoms with Crippen LogP contribution in [0, 0.1) is 0 Å². The lowest BCUT2D eigenvalue weighted by atomic mass is 10.0. The van der Waals surface area contributed by atoms with Crippen LogP contribution in [-0.2, 0) is 0 Å². The van der Waals surface area contributed by atoms with E-state index in [1.54, 1.807) is 6.20 Å². The Morgan fingerprint density at radius 2 is 1.48 bits per heavy atom. The molecule has 21 heavy (non-hydrogen) atoms. The molecule has 0 aliphatic carbocycles. The molecule has 0 aliphatic rings. The average Bonchev–Trinajstić information content (AvgIpc) is 2.54. The monoisotopic (exact) mass is 272 g/mol. The number of hydrogen-bond donors (Lipinski definition) is 1. The Morgan fingerprint density at radius 3 is 2.33 bits per heavy atom. The van der Waals surface area contributed by atoms with Gasteiger partial charge in [0, 0.05) is 17.1 Å². The molecule has 0 radical (unpaired) electrons. The van der Waals surface area contributed by atoms with Crippen molar-refractivity contribution in [1.82, 2.24) is 15.0 Å². The van der Waals surface area contributed by atoms with E-state index in [-0.39, 0.29) is 0 Å². The topological polar surface area (TPSA) is 64.7 Å². The van der Waals surface area contributed by atoms with Crippen LogP contribution < -0.4 is 5.73 Å². The van der Waals surface area contributed by atoms with Crippen molar-refractivity contribution in [1.29, 1.82) is 0 Å². The SMILES string of the molecule is Nc1nc2ccccc2nc1-c1cccc2ncccc12. The molecule has 2 N–H and O–H groups in total. The predicted octanol–water partition coefficient (Wildman–Crippen LogP) is 3.43. The van der Waals surface area contributed by atoms with Gasteiger partial charge in [0.1, 0.15) is 5.69 Å². The summed E-state index contributed by atoms with van der Waals surface area (Å²) in [5, 5.41) is 1.02. The van der Waals surface area contributed by atoms with Gasteiger partial charge in [0.2, 0.25) is 0 Å². The maximum Gasteiger partial charge on any atom is 0.150 e. The minimum absolute atomic E-state index is 0.435. The molecule has 4 nitrogen and oxygen atoms in total. The quantitative estimate of drug-likeness (QED) is 0.576. The summed E-state index contributed by atoms with van der Waals surface area (Å²) in [6.45, 7) is 0. The Morgan fingerprint density at radius 1 is 0.714 bits per heavy atom. The molecule has 2 heterocycles. The average molecular weight is 272 g/mol. The Hall–Kier alpha value is -3.01. The van der Waals surface area contributed by atoms with Gasteiger partial charge in [0.05, 0.1) is 16.6 Å². The number of pyridine rings is 1. The van der Waals surface area contributed by atoms with Crippen LogP contribution in [0.1, 0.15) is 0 Å². The summed E-state index contributed by atoms with van der Waals surface area (Å²) in [6, 6.07) is 17.6. The van der Waals surface area contributed by atoms with Gasteiger partial charge in [0.25, 0.3) is 0 Å². The summed E-state index contributed by atoms with van der Waals surface area (Å²) in [7, 11) is 0. The van der Waals surface area contributed by atoms with Crippen molar-refractivity contribution in [3.05, 3.63) is 60.8 Å². The van der Waals surface area contributed by atoms with Crippen molar-refractivity contribution in [3.63, 3.8) is 0 Å². The predicted molar refractivity (Wildman–Crippen MR) is 84.7 cm³/mol. The molecule has 0 spiro atoms. The zero-order valence-electron chi connectivity index (χ0n) is 11.2. The third-order valence-electron chi connectivity index (χ3n) is 3.50. The van der Waals surface area contributed by atoms with E-state index in [1.807, 2.05) is 54.6 Å². The Kier molecular flexibility index (Phi) is 2.54. The smallest absolute Gasteiger partial charge is 0.150 e. The second kappa shape index (κ2) is 4.52. The molecular weight excluding hydrogens is 260 g/mol. The summed E-state index contributed by atoms with van der Waals surface area (Å²) >= 11 is 0. The highest BCUT2D eigenvalue weighted by molar-refractivity contribution is 5.97. The molecule has 4 heteroatoms. The maximum atomic E-state index is 6.12. The van der Waals surface area contributed by atoms with Crippen LogP contribution in [0.4, 0.5) is 5.82 Å². The molecular formula is C17H12N4. The molecule has 0 amide bonds. The highest BCUT2D eigenvalue weighted by Gasteiger charge is 2.11. The summed E-state index contributed by atoms with van der Waals surface area (Å²) in [5.41, 5.74) is 10.3. The van der Waals surface area contributed by atoms with Crippen LogP contribution in [0.2, 0.25) is 0 Å². The van der Waals surface area contributed by atoms with Gasteiger partial charge >= 0.3 is 0 Å². The van der Waals surface area contributed by atoms with Crippen LogP contribution in [-0.4, -0.2) is 15.0 Å². The molecule has 0 unspecified atom stereocenters. The van der Waals surface area contributed by atoms with Crippen LogP contribution in [0.25, 0.3) is 33.2 Å². The van der Waals surface area contributed by atoms with Gasteiger partial charge in [-0.05, 0) is 24.3 Å². The number of fused-ring (bicyclic) bond motifs is 2. The molecule has 0 bridgehead atoms. The van der Waals surface area contributed by atoms with Gasteiger partial charge < -0.3 is 5.73 Å². The normalized spacial score (nSPS) is 11.0. The first-order chi connectivity index (χ1) is 10.3. The summed E-state index contributed by atoms with van der Waals surface area (Å²) in [4.78, 5) is 13.5. The second-order valence-electron chi connectivity index (χ2n) is 4.82. The first-order valence-electron chi connectivity index (χ1n) is 6.69. The largest absolute Gasteiger partial charge is 0.382 e. The summed E-state index contributed by atoms with van der Waals surface area (Å²) < 4.78 is 0. The highest BCUT2D eigenvalue weighted by atomic mass is 14.9. The number of rotatable bonds is 1. The first kappa shape index (κ1) is 11.8. The van der Waals surface area contributed by atoms with Crippen molar-refractivity contribution in [3.8, 4) is 11.3 Å². The molecule has 0 saturated carbocycles. The number of hydrogen-bond acceptors (Lipinski definition) is 4. The summed E-state index contributed by atoms with van der Waals surface area (Å²) in [5.74, 6) is 0.435. The zero-order valence-corrected chi connectivity index (χ0v) is 11.2. The Balaban J connectivity index is 2.06. The van der Waals surface area contributed by atoms with E-state index in [2.05, 4.69) is 15.0 Å². The first-order valence-corrected chi connectivity index (χ1v) is 6.69. The number of nitrogens with zero attached hydrogens (tertiary/aromatic N) is 3. The van der Waals surface area contributed by atoms with Crippen LogP contribution in [0.5, 0.6) is 0 Å². The van der Waals surface area contributed by atoms with Crippen molar-refractivity contribution in [2.45, 2.75) is 0 Å². The van der Waals surface area contributed by atoms with E-state index in [9.17, 15) is 0 Å². The van der Waals surface area contributed by atoms with Crippen LogP contribution in [0.3, 0.4) is 0 Å². The fourth-order valence-electron chi connectivity index (χ4n) is 2.52. The Bertz CT molecular complexity index is 958. The van der Waals surface area contributed by atoms with Crippen molar-refractivity contribution in [2.24, 2.45) is 0 Å². The summed E-state index contributed by atoms with van der Waals surface area (Å²) in [6.07, 6.45) is 1.78. The van der Waals surface area contributed by atoms with Crippen molar-refractivity contribution >= 4 is 27.8 Å². The maximum absolute atomic E-state index is 6.12. The third-order valence-corrected chi connectivity index (χ3v) is 3.50. The minimum Gasteiger partial charge on any atom is -0.382 e. The molecule has 2 aromatic carbocycles. The van der Waals surface area contributed by atoms with Gasteiger partial charge in [-0.3, -0.25) is 4.98 Å². The van der Waals surface area contributed by atoms with E-state index in [0.717, 1.165) is 27.5 Å². The second-order valence-corrected chi connectivity index (χ2v) is 4.82. The van der Waals surface area contributed by atoms with Gasteiger partial charge in [0.15, 0.2) is 5.82 Å². The molecule has 0 fully saturated rings. The lowest BCUT2D eigenvalue weighted by Crippen LogP contribution is -1.99. The molecule has 0 atom stereocenters. The van der Waals surface area contributed by atoms with E-state index in [4.69, 9.17) is 5.73 Å². The fraction of sp³-hybridized carbons (Fsp3) is 0. The number of aromatic nitrogens is 3. The van der Waals surface area contributed by atoms with Crippen molar-refractivity contribution in [2.75, 3.05) is 5.73 Å². The van der Waals surface area contributed by atoms with Gasteiger partial charge in [-0.2, -0.15) is 0 Å². The minimum atomic E-state index is 0.435. The third kappa shape index (κ3) is 1.89. The molecule has 0 saturated heterocycles. The van der Waals surface area contributed by atoms with E-state index in [0.29, 0.717) is 11.5 Å². The van der Waals surface area contributed by atoms with E-state index < -0.39 is 0 Å². The number of para-hydroxylation sites is 2. The number of benzene rings is 2. The van der Waals surface area contributed by atoms with Crippen LogP contribution >= 0.6 is 0 Å². The molecule has 4 rings (SSSR count). The lowest BCUT2D eigenvalue weighted by Gasteiger charge is -2.09.